The van der Waals surface area contributed by atoms with Crippen LogP contribution in [-0.2, 0) is 0 Å². The molecule has 2 aromatic rings. The van der Waals surface area contributed by atoms with Gasteiger partial charge in [0.2, 0.25) is 0 Å². The number of nitrogens with one attached hydrogen (secondary N) is 2. The first-order valence-electron chi connectivity index (χ1n) is 5.82. The second-order valence-electron chi connectivity index (χ2n) is 4.23. The number of aromatic nitrogens is 1. The van der Waals surface area contributed by atoms with E-state index in [4.69, 9.17) is 5.84 Å². The fraction of sp³-hybridized carbons (Fsp3) is 0.0769. The number of nitrogens with two attached hydrogens (primary N) is 1. The van der Waals surface area contributed by atoms with E-state index in [9.17, 15) is 18.0 Å². The zero-order chi connectivity index (χ0) is 15.6. The lowest BCUT2D eigenvalue weighted by Gasteiger charge is -2.09. The Bertz CT molecular complexity index is 706. The van der Waals surface area contributed by atoms with Crippen LogP contribution in [0.4, 0.5) is 24.7 Å². The molecule has 0 spiro atoms. The summed E-state index contributed by atoms with van der Waals surface area (Å²) in [5, 5.41) is 2.10. The van der Waals surface area contributed by atoms with Crippen LogP contribution in [-0.4, -0.2) is 10.9 Å². The van der Waals surface area contributed by atoms with Gasteiger partial charge >= 0.3 is 0 Å². The molecule has 1 aromatic heterocycles. The SMILES string of the molecule is Cc1cc(C(=O)Nc2cc(F)cc(F)c2F)cc(NN)n1. The average Bonchev–Trinajstić information content (AvgIpc) is 2.43. The van der Waals surface area contributed by atoms with Crippen molar-refractivity contribution < 1.29 is 18.0 Å². The number of rotatable bonds is 3. The van der Waals surface area contributed by atoms with Crippen molar-refractivity contribution >= 4 is 17.4 Å². The van der Waals surface area contributed by atoms with Crippen molar-refractivity contribution in [2.45, 2.75) is 6.92 Å². The van der Waals surface area contributed by atoms with E-state index in [-0.39, 0.29) is 11.4 Å². The molecule has 4 N–H and O–H groups in total. The summed E-state index contributed by atoms with van der Waals surface area (Å²) in [7, 11) is 0. The van der Waals surface area contributed by atoms with Gasteiger partial charge in [0.05, 0.1) is 5.69 Å². The van der Waals surface area contributed by atoms with Gasteiger partial charge in [0, 0.05) is 23.4 Å². The molecule has 5 nitrogen and oxygen atoms in total. The number of anilines is 2. The topological polar surface area (TPSA) is 80.0 Å². The Kier molecular flexibility index (Phi) is 4.08. The second-order valence-corrected chi connectivity index (χ2v) is 4.23. The lowest BCUT2D eigenvalue weighted by Crippen LogP contribution is -2.16. The van der Waals surface area contributed by atoms with Gasteiger partial charge in [-0.1, -0.05) is 0 Å². The Morgan fingerprint density at radius 1 is 1.19 bits per heavy atom. The smallest absolute Gasteiger partial charge is 0.255 e. The van der Waals surface area contributed by atoms with Gasteiger partial charge in [0.25, 0.3) is 5.91 Å². The average molecular weight is 296 g/mol. The number of amides is 1. The molecule has 0 aliphatic heterocycles. The Hall–Kier alpha value is -2.61. The molecule has 2 rings (SSSR count). The third kappa shape index (κ3) is 3.29. The summed E-state index contributed by atoms with van der Waals surface area (Å²) < 4.78 is 39.6. The molecule has 0 saturated carbocycles. The molecule has 8 heteroatoms. The number of aryl methyl sites for hydroxylation is 1. The van der Waals surface area contributed by atoms with Gasteiger partial charge in [-0.15, -0.1) is 0 Å². The van der Waals surface area contributed by atoms with E-state index >= 15 is 0 Å². The van der Waals surface area contributed by atoms with E-state index < -0.39 is 29.0 Å². The van der Waals surface area contributed by atoms with E-state index in [0.717, 1.165) is 0 Å². The van der Waals surface area contributed by atoms with Gasteiger partial charge in [-0.3, -0.25) is 4.79 Å². The highest BCUT2D eigenvalue weighted by atomic mass is 19.2. The van der Waals surface area contributed by atoms with E-state index in [1.807, 2.05) is 0 Å². The summed E-state index contributed by atoms with van der Waals surface area (Å²) in [4.78, 5) is 16.0. The number of carbonyl (C=O) groups is 1. The van der Waals surface area contributed by atoms with Crippen LogP contribution in [0.3, 0.4) is 0 Å². The minimum Gasteiger partial charge on any atom is -0.319 e. The van der Waals surface area contributed by atoms with Crippen LogP contribution in [0, 0.1) is 24.4 Å². The Morgan fingerprint density at radius 2 is 1.90 bits per heavy atom. The minimum atomic E-state index is -1.39. The minimum absolute atomic E-state index is 0.111. The highest BCUT2D eigenvalue weighted by molar-refractivity contribution is 6.04. The van der Waals surface area contributed by atoms with E-state index in [2.05, 4.69) is 15.7 Å². The molecule has 0 aliphatic carbocycles. The van der Waals surface area contributed by atoms with Gasteiger partial charge in [0.15, 0.2) is 11.6 Å². The molecule has 1 amide bonds. The summed E-state index contributed by atoms with van der Waals surface area (Å²) in [5.74, 6) is 0.950. The van der Waals surface area contributed by atoms with Crippen molar-refractivity contribution in [2.24, 2.45) is 5.84 Å². The van der Waals surface area contributed by atoms with E-state index in [1.165, 1.54) is 12.1 Å². The molecule has 21 heavy (non-hydrogen) atoms. The predicted molar refractivity (Wildman–Crippen MR) is 71.1 cm³/mol. The number of halogens is 3. The van der Waals surface area contributed by atoms with E-state index in [1.54, 1.807) is 6.92 Å². The fourth-order valence-corrected chi connectivity index (χ4v) is 1.72. The molecular weight excluding hydrogens is 285 g/mol. The van der Waals surface area contributed by atoms with Crippen LogP contribution in [0.15, 0.2) is 24.3 Å². The summed E-state index contributed by atoms with van der Waals surface area (Å²) in [6.45, 7) is 1.63. The quantitative estimate of drug-likeness (QED) is 0.461. The van der Waals surface area contributed by atoms with Crippen LogP contribution in [0.2, 0.25) is 0 Å². The van der Waals surface area contributed by atoms with Gasteiger partial charge in [-0.2, -0.15) is 0 Å². The predicted octanol–water partition coefficient (Wildman–Crippen LogP) is 2.35. The summed E-state index contributed by atoms with van der Waals surface area (Å²) in [6.07, 6.45) is 0. The van der Waals surface area contributed by atoms with Gasteiger partial charge < -0.3 is 10.7 Å². The maximum absolute atomic E-state index is 13.5. The number of hydrogen-bond donors (Lipinski definition) is 3. The molecule has 0 fully saturated rings. The number of benzene rings is 1. The Morgan fingerprint density at radius 3 is 2.57 bits per heavy atom. The fourth-order valence-electron chi connectivity index (χ4n) is 1.72. The Balaban J connectivity index is 2.32. The molecule has 1 aromatic carbocycles. The number of carbonyl (C=O) groups excluding carboxylic acids is 1. The molecule has 0 atom stereocenters. The molecule has 0 radical (unpaired) electrons. The first kappa shape index (κ1) is 14.8. The number of hydrazine groups is 1. The zero-order valence-corrected chi connectivity index (χ0v) is 10.9. The standard InChI is InChI=1S/C13H11F3N4O/c1-6-2-7(3-11(18-6)20-17)13(21)19-10-5-8(14)4-9(15)12(10)16/h2-5H,17H2,1H3,(H,18,20)(H,19,21). The number of hydrogen-bond acceptors (Lipinski definition) is 4. The third-order valence-electron chi connectivity index (χ3n) is 2.60. The molecule has 0 saturated heterocycles. The molecule has 0 bridgehead atoms. The van der Waals surface area contributed by atoms with Crippen molar-refractivity contribution in [3.05, 3.63) is 53.0 Å². The van der Waals surface area contributed by atoms with Crippen molar-refractivity contribution in [3.63, 3.8) is 0 Å². The van der Waals surface area contributed by atoms with Crippen molar-refractivity contribution in [2.75, 3.05) is 10.7 Å². The van der Waals surface area contributed by atoms with Gasteiger partial charge in [-0.05, 0) is 19.1 Å². The van der Waals surface area contributed by atoms with Gasteiger partial charge in [-0.25, -0.2) is 24.0 Å². The molecule has 1 heterocycles. The Labute approximate surface area is 118 Å². The molecule has 0 aliphatic rings. The lowest BCUT2D eigenvalue weighted by atomic mass is 10.2. The van der Waals surface area contributed by atoms with Crippen LogP contribution < -0.4 is 16.6 Å². The summed E-state index contributed by atoms with van der Waals surface area (Å²) in [5.41, 5.74) is 2.28. The monoisotopic (exact) mass is 296 g/mol. The van der Waals surface area contributed by atoms with Crippen molar-refractivity contribution in [1.82, 2.24) is 4.98 Å². The first-order chi connectivity index (χ1) is 9.90. The van der Waals surface area contributed by atoms with Crippen LogP contribution in [0.5, 0.6) is 0 Å². The summed E-state index contributed by atoms with van der Waals surface area (Å²) >= 11 is 0. The summed E-state index contributed by atoms with van der Waals surface area (Å²) in [6, 6.07) is 3.81. The molecule has 110 valence electrons. The normalized spacial score (nSPS) is 10.3. The van der Waals surface area contributed by atoms with Crippen LogP contribution >= 0.6 is 0 Å². The second kappa shape index (κ2) is 5.80. The number of nitrogen functional groups attached to an aromatic ring is 1. The number of pyridine rings is 1. The number of nitrogens with zero attached hydrogens (tertiary/aromatic N) is 1. The van der Waals surface area contributed by atoms with Crippen LogP contribution in [0.25, 0.3) is 0 Å². The van der Waals surface area contributed by atoms with Gasteiger partial charge in [0.1, 0.15) is 11.6 Å². The lowest BCUT2D eigenvalue weighted by molar-refractivity contribution is 0.102. The maximum Gasteiger partial charge on any atom is 0.255 e. The first-order valence-corrected chi connectivity index (χ1v) is 5.82. The molecular formula is C13H11F3N4O. The third-order valence-corrected chi connectivity index (χ3v) is 2.60. The van der Waals surface area contributed by atoms with Crippen LogP contribution in [0.1, 0.15) is 16.1 Å². The largest absolute Gasteiger partial charge is 0.319 e. The van der Waals surface area contributed by atoms with E-state index in [0.29, 0.717) is 17.8 Å². The highest BCUT2D eigenvalue weighted by Gasteiger charge is 2.15. The zero-order valence-electron chi connectivity index (χ0n) is 10.9. The maximum atomic E-state index is 13.5. The van der Waals surface area contributed by atoms with Crippen molar-refractivity contribution in [3.8, 4) is 0 Å². The highest BCUT2D eigenvalue weighted by Crippen LogP contribution is 2.20. The van der Waals surface area contributed by atoms with Crippen molar-refractivity contribution in [1.29, 1.82) is 0 Å². The molecule has 0 unspecified atom stereocenters.